The third kappa shape index (κ3) is 10.9. The molecule has 2 atom stereocenters. The Kier molecular flexibility index (Phi) is 13.9. The van der Waals surface area contributed by atoms with Crippen LogP contribution in [0.15, 0.2) is 79.5 Å². The minimum Gasteiger partial charge on any atom is -0.489 e. The molecule has 8 heterocycles. The molecule has 362 valence electrons. The molecule has 2 amide bonds. The lowest BCUT2D eigenvalue weighted by Gasteiger charge is -2.33. The van der Waals surface area contributed by atoms with E-state index in [0.717, 1.165) is 116 Å². The number of aryl methyl sites for hydroxylation is 3. The van der Waals surface area contributed by atoms with E-state index in [-0.39, 0.29) is 41.8 Å². The number of piperidine rings is 2. The number of anilines is 2. The van der Waals surface area contributed by atoms with Crippen LogP contribution in [0.3, 0.4) is 0 Å². The Hall–Kier alpha value is -7.50. The van der Waals surface area contributed by atoms with Gasteiger partial charge in [0.15, 0.2) is 23.0 Å². The molecule has 6 aromatic rings. The Labute approximate surface area is 407 Å². The second-order valence-electron chi connectivity index (χ2n) is 18.6. The maximum Gasteiger partial charge on any atom is 0.272 e. The maximum atomic E-state index is 13.8. The Morgan fingerprint density at radius 3 is 1.73 bits per heavy atom. The molecule has 0 radical (unpaired) electrons. The molecular weight excluding hydrogens is 889 g/mol. The average molecular weight is 947 g/mol. The first-order chi connectivity index (χ1) is 34.2. The Morgan fingerprint density at radius 1 is 0.600 bits per heavy atom. The highest BCUT2D eigenvalue weighted by atomic mass is 16.5. The molecule has 70 heavy (non-hydrogen) atoms. The molecule has 4 aliphatic rings. The van der Waals surface area contributed by atoms with E-state index >= 15 is 0 Å². The number of amides is 2. The van der Waals surface area contributed by atoms with Crippen LogP contribution in [0.4, 0.5) is 11.6 Å². The number of rotatable bonds is 14. The summed E-state index contributed by atoms with van der Waals surface area (Å²) in [5.74, 6) is 3.55. The van der Waals surface area contributed by atoms with Crippen LogP contribution in [0.5, 0.6) is 23.3 Å². The number of hydrogen-bond donors (Lipinski definition) is 2. The van der Waals surface area contributed by atoms with Crippen LogP contribution in [0.2, 0.25) is 0 Å². The highest BCUT2D eigenvalue weighted by Crippen LogP contribution is 2.30. The van der Waals surface area contributed by atoms with Crippen molar-refractivity contribution in [3.05, 3.63) is 130 Å². The van der Waals surface area contributed by atoms with Gasteiger partial charge < -0.3 is 39.4 Å². The lowest BCUT2D eigenvalue weighted by atomic mass is 9.88. The van der Waals surface area contributed by atoms with Gasteiger partial charge in [-0.2, -0.15) is 0 Å². The molecule has 0 saturated carbocycles. The number of carbonyl (C=O) groups excluding carboxylic acids is 2. The van der Waals surface area contributed by atoms with Gasteiger partial charge in [0, 0.05) is 112 Å². The Bertz CT molecular complexity index is 2800. The van der Waals surface area contributed by atoms with E-state index in [1.807, 2.05) is 49.8 Å². The summed E-state index contributed by atoms with van der Waals surface area (Å²) in [6.07, 6.45) is 17.4. The molecule has 2 N–H and O–H groups in total. The standard InChI is InChI=1S/C52H58N12O6/c1-32-22-45(59-61-49(32)63-18-13-41(14-19-63)69-43-8-10-47(67-2)55-30-43)51(65)57-39-7-5-34-23-40(54-29-37(34)26-39)24-35-27-46(52(66)58-38-6-4-33-12-17-53-28-36(33)25-38)60-62-50(35)64-20-15-42(16-21-64)70-44-9-11-48(68-3)56-31-44/h8-12,17,22-23,27-31,38-39,41-42H,4-7,13-16,18-21,24-26H2,1-3H3,(H,57,65)(H,58,66)/t38-,39+/m0/s1. The number of hydrogen-bond acceptors (Lipinski definition) is 16. The van der Waals surface area contributed by atoms with Gasteiger partial charge in [-0.05, 0) is 110 Å². The van der Waals surface area contributed by atoms with E-state index in [1.54, 1.807) is 38.7 Å². The van der Waals surface area contributed by atoms with Gasteiger partial charge in [-0.1, -0.05) is 0 Å². The van der Waals surface area contributed by atoms with Crippen molar-refractivity contribution in [1.29, 1.82) is 0 Å². The maximum absolute atomic E-state index is 13.8. The van der Waals surface area contributed by atoms with Crippen LogP contribution >= 0.6 is 0 Å². The SMILES string of the molecule is COc1ccc(OC2CCN(c3nnc(C(=O)N[C@@H]4CCc5cc(Cc6cc(C(=O)N[C@H]7CCc8ccncc8C7)nnc6N6CCC(Oc7ccc(OC)nc7)CC6)ncc5C4)cc3C)CC2)cn1. The topological polar surface area (TPSA) is 205 Å². The van der Waals surface area contributed by atoms with Crippen LogP contribution in [-0.4, -0.2) is 117 Å². The van der Waals surface area contributed by atoms with E-state index in [4.69, 9.17) is 29.0 Å². The number of nitrogens with zero attached hydrogens (tertiary/aromatic N) is 10. The lowest BCUT2D eigenvalue weighted by Crippen LogP contribution is -2.40. The third-order valence-corrected chi connectivity index (χ3v) is 13.8. The van der Waals surface area contributed by atoms with Gasteiger partial charge in [-0.3, -0.25) is 19.6 Å². The minimum atomic E-state index is -0.243. The smallest absolute Gasteiger partial charge is 0.272 e. The number of nitrogens with one attached hydrogen (secondary N) is 2. The molecule has 18 heteroatoms. The molecule has 2 fully saturated rings. The van der Waals surface area contributed by atoms with E-state index in [1.165, 1.54) is 11.1 Å². The second kappa shape index (κ2) is 21.0. The number of fused-ring (bicyclic) bond motifs is 2. The van der Waals surface area contributed by atoms with Gasteiger partial charge in [0.2, 0.25) is 11.8 Å². The fourth-order valence-electron chi connectivity index (χ4n) is 10.0. The normalized spacial score (nSPS) is 18.3. The molecule has 0 aromatic carbocycles. The van der Waals surface area contributed by atoms with Crippen LogP contribution in [-0.2, 0) is 32.1 Å². The van der Waals surface area contributed by atoms with E-state index in [0.29, 0.717) is 49.1 Å². The van der Waals surface area contributed by atoms with Gasteiger partial charge in [0.05, 0.1) is 26.6 Å². The Morgan fingerprint density at radius 2 is 1.16 bits per heavy atom. The molecule has 10 rings (SSSR count). The minimum absolute atomic E-state index is 0.0164. The summed E-state index contributed by atoms with van der Waals surface area (Å²) in [4.78, 5) is 49.6. The lowest BCUT2D eigenvalue weighted by molar-refractivity contribution is 0.0919. The zero-order valence-corrected chi connectivity index (χ0v) is 39.8. The summed E-state index contributed by atoms with van der Waals surface area (Å²) in [6.45, 7) is 4.91. The van der Waals surface area contributed by atoms with Gasteiger partial charge in [0.25, 0.3) is 11.8 Å². The van der Waals surface area contributed by atoms with E-state index in [2.05, 4.69) is 62.8 Å². The molecular formula is C52H58N12O6. The Balaban J connectivity index is 0.773. The molecule has 0 unspecified atom stereocenters. The van der Waals surface area contributed by atoms with Crippen LogP contribution in [0, 0.1) is 6.92 Å². The van der Waals surface area contributed by atoms with Crippen LogP contribution in [0.25, 0.3) is 0 Å². The van der Waals surface area contributed by atoms with Crippen molar-refractivity contribution in [3.8, 4) is 23.3 Å². The molecule has 2 saturated heterocycles. The predicted octanol–water partition coefficient (Wildman–Crippen LogP) is 5.43. The summed E-state index contributed by atoms with van der Waals surface area (Å²) >= 11 is 0. The highest BCUT2D eigenvalue weighted by molar-refractivity contribution is 5.93. The predicted molar refractivity (Wildman–Crippen MR) is 260 cm³/mol. The van der Waals surface area contributed by atoms with Gasteiger partial charge in [0.1, 0.15) is 23.7 Å². The summed E-state index contributed by atoms with van der Waals surface area (Å²) in [7, 11) is 3.18. The van der Waals surface area contributed by atoms with Crippen molar-refractivity contribution in [2.75, 3.05) is 50.2 Å². The molecule has 0 spiro atoms. The molecule has 2 aliphatic heterocycles. The fourth-order valence-corrected chi connectivity index (χ4v) is 10.0. The molecule has 0 bridgehead atoms. The number of ether oxygens (including phenoxy) is 4. The third-order valence-electron chi connectivity index (χ3n) is 13.8. The van der Waals surface area contributed by atoms with Gasteiger partial charge >= 0.3 is 0 Å². The number of aromatic nitrogens is 8. The number of methoxy groups -OCH3 is 2. The first kappa shape index (κ1) is 46.2. The van der Waals surface area contributed by atoms with Crippen LogP contribution in [0.1, 0.15) is 98.6 Å². The molecule has 18 nitrogen and oxygen atoms in total. The first-order valence-corrected chi connectivity index (χ1v) is 24.3. The van der Waals surface area contributed by atoms with Crippen molar-refractivity contribution < 1.29 is 28.5 Å². The fraction of sp³-hybridized carbons (Fsp3) is 0.423. The zero-order valence-electron chi connectivity index (χ0n) is 39.8. The first-order valence-electron chi connectivity index (χ1n) is 24.3. The van der Waals surface area contributed by atoms with Crippen molar-refractivity contribution in [2.24, 2.45) is 0 Å². The average Bonchev–Trinajstić information content (AvgIpc) is 3.39. The summed E-state index contributed by atoms with van der Waals surface area (Å²) in [6, 6.07) is 15.2. The zero-order chi connectivity index (χ0) is 48.0. The van der Waals surface area contributed by atoms with Crippen LogP contribution < -0.4 is 39.4 Å². The molecule has 6 aromatic heterocycles. The molecule has 2 aliphatic carbocycles. The largest absolute Gasteiger partial charge is 0.489 e. The van der Waals surface area contributed by atoms with Gasteiger partial charge in [-0.15, -0.1) is 20.4 Å². The monoisotopic (exact) mass is 946 g/mol. The number of pyridine rings is 4. The van der Waals surface area contributed by atoms with Crippen molar-refractivity contribution >= 4 is 23.5 Å². The summed E-state index contributed by atoms with van der Waals surface area (Å²) in [5, 5.41) is 24.6. The van der Waals surface area contributed by atoms with Gasteiger partial charge in [-0.25, -0.2) is 9.97 Å². The second-order valence-corrected chi connectivity index (χ2v) is 18.6. The van der Waals surface area contributed by atoms with E-state index in [9.17, 15) is 9.59 Å². The quantitative estimate of drug-likeness (QED) is 0.140. The summed E-state index contributed by atoms with van der Waals surface area (Å²) in [5.41, 5.74) is 7.98. The van der Waals surface area contributed by atoms with Crippen molar-refractivity contribution in [1.82, 2.24) is 51.0 Å². The van der Waals surface area contributed by atoms with E-state index < -0.39 is 0 Å². The van der Waals surface area contributed by atoms with Crippen molar-refractivity contribution in [2.45, 2.75) is 102 Å². The highest BCUT2D eigenvalue weighted by Gasteiger charge is 2.29. The summed E-state index contributed by atoms with van der Waals surface area (Å²) < 4.78 is 22.8. The van der Waals surface area contributed by atoms with Crippen molar-refractivity contribution in [3.63, 3.8) is 0 Å². The number of carbonyl (C=O) groups is 2.